The molecule has 112 valence electrons. The largest absolute Gasteiger partial charge is 0.493 e. The highest BCUT2D eigenvalue weighted by Gasteiger charge is 2.15. The highest BCUT2D eigenvalue weighted by atomic mass is 16.5. The van der Waals surface area contributed by atoms with Crippen molar-refractivity contribution in [3.05, 3.63) is 23.8 Å². The molecule has 1 aromatic rings. The van der Waals surface area contributed by atoms with E-state index in [0.29, 0.717) is 17.9 Å². The van der Waals surface area contributed by atoms with Gasteiger partial charge in [-0.3, -0.25) is 4.79 Å². The van der Waals surface area contributed by atoms with Crippen LogP contribution in [0.5, 0.6) is 11.5 Å². The second kappa shape index (κ2) is 7.75. The topological polar surface area (TPSA) is 64.8 Å². The highest BCUT2D eigenvalue weighted by molar-refractivity contribution is 5.77. The number of benzene rings is 1. The Bertz CT molecular complexity index is 447. The van der Waals surface area contributed by atoms with E-state index < -0.39 is 0 Å². The van der Waals surface area contributed by atoms with Gasteiger partial charge >= 0.3 is 0 Å². The lowest BCUT2D eigenvalue weighted by Gasteiger charge is -2.18. The van der Waals surface area contributed by atoms with Gasteiger partial charge in [0.25, 0.3) is 5.91 Å². The van der Waals surface area contributed by atoms with E-state index in [1.807, 2.05) is 25.1 Å². The number of methoxy groups -OCH3 is 1. The van der Waals surface area contributed by atoms with Crippen LogP contribution in [0.4, 0.5) is 0 Å². The molecule has 1 atom stereocenters. The molecule has 2 N–H and O–H groups in total. The van der Waals surface area contributed by atoms with E-state index in [4.69, 9.17) is 15.2 Å². The molecule has 1 amide bonds. The summed E-state index contributed by atoms with van der Waals surface area (Å²) in [6, 6.07) is 5.73. The predicted octanol–water partition coefficient (Wildman–Crippen LogP) is 1.44. The number of hydrogen-bond acceptors (Lipinski definition) is 4. The molecule has 0 bridgehead atoms. The molecule has 0 fully saturated rings. The first-order chi connectivity index (χ1) is 9.49. The Morgan fingerprint density at radius 3 is 2.65 bits per heavy atom. The Balaban J connectivity index is 2.92. The Labute approximate surface area is 120 Å². The van der Waals surface area contributed by atoms with Crippen molar-refractivity contribution in [3.63, 3.8) is 0 Å². The van der Waals surface area contributed by atoms with Crippen LogP contribution in [0.1, 0.15) is 18.9 Å². The summed E-state index contributed by atoms with van der Waals surface area (Å²) in [4.78, 5) is 13.1. The van der Waals surface area contributed by atoms with E-state index in [1.165, 1.54) is 4.90 Å². The molecule has 0 radical (unpaired) electrons. The minimum atomic E-state index is -0.0957. The van der Waals surface area contributed by atoms with E-state index in [0.717, 1.165) is 12.0 Å². The molecule has 1 unspecified atom stereocenters. The SMILES string of the molecule is CCC(N)Cc1cccc(OC)c1OCC(=O)N(C)C. The number of carbonyl (C=O) groups excluding carboxylic acids is 1. The number of carbonyl (C=O) groups is 1. The molecule has 1 aromatic carbocycles. The van der Waals surface area contributed by atoms with Crippen LogP contribution in [0.2, 0.25) is 0 Å². The number of ether oxygens (including phenoxy) is 2. The van der Waals surface area contributed by atoms with Crippen molar-refractivity contribution in [2.75, 3.05) is 27.8 Å². The molecule has 0 spiro atoms. The van der Waals surface area contributed by atoms with Gasteiger partial charge in [-0.2, -0.15) is 0 Å². The standard InChI is InChI=1S/C15H24N2O3/c1-5-12(16)9-11-7-6-8-13(19-4)15(11)20-10-14(18)17(2)3/h6-8,12H,5,9-10,16H2,1-4H3. The van der Waals surface area contributed by atoms with Crippen molar-refractivity contribution in [2.45, 2.75) is 25.8 Å². The summed E-state index contributed by atoms with van der Waals surface area (Å²) in [7, 11) is 4.98. The third-order valence-corrected chi connectivity index (χ3v) is 3.13. The molecule has 0 heterocycles. The summed E-state index contributed by atoms with van der Waals surface area (Å²) >= 11 is 0. The highest BCUT2D eigenvalue weighted by Crippen LogP contribution is 2.32. The minimum Gasteiger partial charge on any atom is -0.493 e. The summed E-state index contributed by atoms with van der Waals surface area (Å²) in [5.74, 6) is 1.13. The van der Waals surface area contributed by atoms with E-state index in [-0.39, 0.29) is 18.6 Å². The van der Waals surface area contributed by atoms with Gasteiger partial charge < -0.3 is 20.1 Å². The fraction of sp³-hybridized carbons (Fsp3) is 0.533. The lowest BCUT2D eigenvalue weighted by Crippen LogP contribution is -2.28. The molecule has 5 heteroatoms. The van der Waals surface area contributed by atoms with Gasteiger partial charge in [-0.15, -0.1) is 0 Å². The number of likely N-dealkylation sites (N-methyl/N-ethyl adjacent to an activating group) is 1. The van der Waals surface area contributed by atoms with Crippen LogP contribution in [-0.4, -0.2) is 44.7 Å². The molecule has 20 heavy (non-hydrogen) atoms. The van der Waals surface area contributed by atoms with E-state index in [1.54, 1.807) is 21.2 Å². The van der Waals surface area contributed by atoms with Gasteiger partial charge in [0, 0.05) is 20.1 Å². The van der Waals surface area contributed by atoms with Crippen molar-refractivity contribution in [1.82, 2.24) is 4.90 Å². The van der Waals surface area contributed by atoms with Gasteiger partial charge in [0.15, 0.2) is 18.1 Å². The van der Waals surface area contributed by atoms with E-state index >= 15 is 0 Å². The smallest absolute Gasteiger partial charge is 0.259 e. The molecule has 0 aromatic heterocycles. The second-order valence-electron chi connectivity index (χ2n) is 4.90. The van der Waals surface area contributed by atoms with Crippen LogP contribution >= 0.6 is 0 Å². The van der Waals surface area contributed by atoms with Gasteiger partial charge in [0.2, 0.25) is 0 Å². The first kappa shape index (κ1) is 16.3. The maximum atomic E-state index is 11.6. The molecular formula is C15H24N2O3. The van der Waals surface area contributed by atoms with E-state index in [2.05, 4.69) is 0 Å². The molecular weight excluding hydrogens is 256 g/mol. The van der Waals surface area contributed by atoms with Gasteiger partial charge in [-0.25, -0.2) is 0 Å². The number of nitrogens with zero attached hydrogens (tertiary/aromatic N) is 1. The fourth-order valence-electron chi connectivity index (χ4n) is 1.74. The molecule has 0 saturated heterocycles. The van der Waals surface area contributed by atoms with Crippen molar-refractivity contribution in [1.29, 1.82) is 0 Å². The predicted molar refractivity (Wildman–Crippen MR) is 79.2 cm³/mol. The minimum absolute atomic E-state index is 0.0122. The zero-order valence-corrected chi connectivity index (χ0v) is 12.7. The Kier molecular flexibility index (Phi) is 6.31. The Hall–Kier alpha value is -1.75. The van der Waals surface area contributed by atoms with Crippen LogP contribution in [0.3, 0.4) is 0 Å². The van der Waals surface area contributed by atoms with Gasteiger partial charge in [-0.1, -0.05) is 19.1 Å². The third-order valence-electron chi connectivity index (χ3n) is 3.13. The molecule has 0 aliphatic rings. The first-order valence-electron chi connectivity index (χ1n) is 6.74. The summed E-state index contributed by atoms with van der Waals surface area (Å²) in [6.07, 6.45) is 1.58. The van der Waals surface area contributed by atoms with Crippen molar-refractivity contribution < 1.29 is 14.3 Å². The van der Waals surface area contributed by atoms with Crippen LogP contribution in [-0.2, 0) is 11.2 Å². The Morgan fingerprint density at radius 2 is 2.10 bits per heavy atom. The van der Waals surface area contributed by atoms with Crippen LogP contribution < -0.4 is 15.2 Å². The zero-order valence-electron chi connectivity index (χ0n) is 12.7. The number of para-hydroxylation sites is 1. The summed E-state index contributed by atoms with van der Waals surface area (Å²) in [5.41, 5.74) is 6.96. The average molecular weight is 280 g/mol. The number of nitrogens with two attached hydrogens (primary N) is 1. The molecule has 0 saturated carbocycles. The normalized spacial score (nSPS) is 11.8. The molecule has 0 aliphatic carbocycles. The van der Waals surface area contributed by atoms with Crippen molar-refractivity contribution >= 4 is 5.91 Å². The van der Waals surface area contributed by atoms with Gasteiger partial charge in [-0.05, 0) is 24.5 Å². The number of rotatable bonds is 7. The van der Waals surface area contributed by atoms with E-state index in [9.17, 15) is 4.79 Å². The van der Waals surface area contributed by atoms with Crippen LogP contribution in [0, 0.1) is 0 Å². The summed E-state index contributed by atoms with van der Waals surface area (Å²) < 4.78 is 11.0. The summed E-state index contributed by atoms with van der Waals surface area (Å²) in [5, 5.41) is 0. The lowest BCUT2D eigenvalue weighted by atomic mass is 10.0. The monoisotopic (exact) mass is 280 g/mol. The number of hydrogen-bond donors (Lipinski definition) is 1. The van der Waals surface area contributed by atoms with Gasteiger partial charge in [0.1, 0.15) is 0 Å². The number of amides is 1. The summed E-state index contributed by atoms with van der Waals surface area (Å²) in [6.45, 7) is 2.03. The maximum absolute atomic E-state index is 11.6. The Morgan fingerprint density at radius 1 is 1.40 bits per heavy atom. The molecule has 1 rings (SSSR count). The maximum Gasteiger partial charge on any atom is 0.259 e. The fourth-order valence-corrected chi connectivity index (χ4v) is 1.74. The van der Waals surface area contributed by atoms with Crippen molar-refractivity contribution in [2.24, 2.45) is 5.73 Å². The third kappa shape index (κ3) is 4.42. The van der Waals surface area contributed by atoms with Crippen LogP contribution in [0.15, 0.2) is 18.2 Å². The zero-order chi connectivity index (χ0) is 15.1. The molecule has 0 aliphatic heterocycles. The molecule has 5 nitrogen and oxygen atoms in total. The van der Waals surface area contributed by atoms with Gasteiger partial charge in [0.05, 0.1) is 7.11 Å². The first-order valence-corrected chi connectivity index (χ1v) is 6.74. The quantitative estimate of drug-likeness (QED) is 0.821. The van der Waals surface area contributed by atoms with Crippen molar-refractivity contribution in [3.8, 4) is 11.5 Å². The lowest BCUT2D eigenvalue weighted by molar-refractivity contribution is -0.130. The second-order valence-corrected chi connectivity index (χ2v) is 4.90. The average Bonchev–Trinajstić information content (AvgIpc) is 2.44. The van der Waals surface area contributed by atoms with Crippen LogP contribution in [0.25, 0.3) is 0 Å².